The topological polar surface area (TPSA) is 69.7 Å². The van der Waals surface area contributed by atoms with Gasteiger partial charge in [-0.25, -0.2) is 0 Å². The molecule has 0 aliphatic rings. The van der Waals surface area contributed by atoms with Gasteiger partial charge in [0, 0.05) is 12.6 Å². The van der Waals surface area contributed by atoms with Gasteiger partial charge in [-0.05, 0) is 26.9 Å². The van der Waals surface area contributed by atoms with Crippen LogP contribution in [-0.2, 0) is 0 Å². The average Bonchev–Trinajstić information content (AvgIpc) is 2.04. The Labute approximate surface area is 74.0 Å². The SMILES string of the molecule is CC(CCN)N(C)CC(O)CO. The fraction of sp³-hybridized carbons (Fsp3) is 1.00. The largest absolute Gasteiger partial charge is 0.394 e. The van der Waals surface area contributed by atoms with E-state index in [1.54, 1.807) is 0 Å². The number of aliphatic hydroxyl groups excluding tert-OH is 2. The van der Waals surface area contributed by atoms with E-state index in [-0.39, 0.29) is 6.61 Å². The zero-order chi connectivity index (χ0) is 9.56. The van der Waals surface area contributed by atoms with E-state index in [1.165, 1.54) is 0 Å². The third kappa shape index (κ3) is 4.66. The molecule has 0 amide bonds. The fourth-order valence-electron chi connectivity index (χ4n) is 1.03. The van der Waals surface area contributed by atoms with Crippen LogP contribution in [0, 0.1) is 0 Å². The highest BCUT2D eigenvalue weighted by atomic mass is 16.3. The van der Waals surface area contributed by atoms with E-state index in [1.807, 2.05) is 11.9 Å². The maximum atomic E-state index is 9.12. The first-order chi connectivity index (χ1) is 5.61. The van der Waals surface area contributed by atoms with Crippen LogP contribution < -0.4 is 5.73 Å². The summed E-state index contributed by atoms with van der Waals surface area (Å²) in [6, 6.07) is 0.358. The molecule has 2 atom stereocenters. The molecule has 12 heavy (non-hydrogen) atoms. The van der Waals surface area contributed by atoms with Crippen molar-refractivity contribution >= 4 is 0 Å². The van der Waals surface area contributed by atoms with Crippen molar-refractivity contribution in [2.75, 3.05) is 26.7 Å². The van der Waals surface area contributed by atoms with E-state index in [0.29, 0.717) is 19.1 Å². The first kappa shape index (κ1) is 11.8. The molecule has 0 aromatic heterocycles. The number of hydrogen-bond acceptors (Lipinski definition) is 4. The Kier molecular flexibility index (Phi) is 6.28. The molecule has 0 radical (unpaired) electrons. The average molecular weight is 176 g/mol. The molecule has 0 fully saturated rings. The van der Waals surface area contributed by atoms with Crippen molar-refractivity contribution in [3.05, 3.63) is 0 Å². The molecule has 0 aliphatic heterocycles. The van der Waals surface area contributed by atoms with Gasteiger partial charge in [0.15, 0.2) is 0 Å². The summed E-state index contributed by atoms with van der Waals surface area (Å²) in [7, 11) is 1.92. The van der Waals surface area contributed by atoms with Crippen LogP contribution in [0.15, 0.2) is 0 Å². The second-order valence-electron chi connectivity index (χ2n) is 3.20. The van der Waals surface area contributed by atoms with Gasteiger partial charge < -0.3 is 20.8 Å². The Morgan fingerprint density at radius 3 is 2.50 bits per heavy atom. The second kappa shape index (κ2) is 6.37. The molecule has 0 aromatic carbocycles. The zero-order valence-corrected chi connectivity index (χ0v) is 7.90. The number of likely N-dealkylation sites (N-methyl/N-ethyl adjacent to an activating group) is 1. The molecule has 0 rings (SSSR count). The number of nitrogens with zero attached hydrogens (tertiary/aromatic N) is 1. The predicted molar refractivity (Wildman–Crippen MR) is 48.9 cm³/mol. The molecule has 0 bridgehead atoms. The van der Waals surface area contributed by atoms with E-state index < -0.39 is 6.10 Å². The van der Waals surface area contributed by atoms with Gasteiger partial charge in [0.25, 0.3) is 0 Å². The molecule has 0 spiro atoms. The van der Waals surface area contributed by atoms with Crippen molar-refractivity contribution in [1.82, 2.24) is 4.90 Å². The van der Waals surface area contributed by atoms with Crippen molar-refractivity contribution in [1.29, 1.82) is 0 Å². The molecular weight excluding hydrogens is 156 g/mol. The smallest absolute Gasteiger partial charge is 0.0897 e. The maximum absolute atomic E-state index is 9.12. The van der Waals surface area contributed by atoms with Gasteiger partial charge in [0.2, 0.25) is 0 Å². The van der Waals surface area contributed by atoms with Crippen LogP contribution in [0.1, 0.15) is 13.3 Å². The molecular formula is C8H20N2O2. The van der Waals surface area contributed by atoms with Gasteiger partial charge in [0.05, 0.1) is 12.7 Å². The number of aliphatic hydroxyl groups is 2. The summed E-state index contributed by atoms with van der Waals surface area (Å²) in [4.78, 5) is 1.99. The lowest BCUT2D eigenvalue weighted by atomic mass is 10.2. The lowest BCUT2D eigenvalue weighted by Crippen LogP contribution is -2.38. The highest BCUT2D eigenvalue weighted by Crippen LogP contribution is 2.00. The molecule has 0 saturated heterocycles. The number of rotatable bonds is 6. The Morgan fingerprint density at radius 1 is 1.50 bits per heavy atom. The van der Waals surface area contributed by atoms with Crippen molar-refractivity contribution in [3.63, 3.8) is 0 Å². The van der Waals surface area contributed by atoms with Crippen LogP contribution >= 0.6 is 0 Å². The summed E-state index contributed by atoms with van der Waals surface area (Å²) in [6.07, 6.45) is 0.268. The van der Waals surface area contributed by atoms with Crippen LogP contribution in [0.5, 0.6) is 0 Å². The van der Waals surface area contributed by atoms with Gasteiger partial charge in [-0.3, -0.25) is 0 Å². The van der Waals surface area contributed by atoms with Crippen LogP contribution in [0.4, 0.5) is 0 Å². The van der Waals surface area contributed by atoms with Gasteiger partial charge in [0.1, 0.15) is 0 Å². The Morgan fingerprint density at radius 2 is 2.08 bits per heavy atom. The highest BCUT2D eigenvalue weighted by molar-refractivity contribution is 4.67. The number of nitrogens with two attached hydrogens (primary N) is 1. The summed E-state index contributed by atoms with van der Waals surface area (Å²) in [5.74, 6) is 0. The summed E-state index contributed by atoms with van der Waals surface area (Å²) in [5.41, 5.74) is 5.39. The Hall–Kier alpha value is -0.160. The van der Waals surface area contributed by atoms with Crippen LogP contribution in [0.2, 0.25) is 0 Å². The highest BCUT2D eigenvalue weighted by Gasteiger charge is 2.11. The summed E-state index contributed by atoms with van der Waals surface area (Å²) in [6.45, 7) is 3.02. The molecule has 74 valence electrons. The van der Waals surface area contributed by atoms with Crippen LogP contribution in [0.25, 0.3) is 0 Å². The first-order valence-corrected chi connectivity index (χ1v) is 4.31. The van der Waals surface area contributed by atoms with Gasteiger partial charge in [-0.2, -0.15) is 0 Å². The molecule has 0 heterocycles. The first-order valence-electron chi connectivity index (χ1n) is 4.31. The van der Waals surface area contributed by atoms with E-state index >= 15 is 0 Å². The Bertz CT molecular complexity index is 111. The molecule has 0 saturated carbocycles. The van der Waals surface area contributed by atoms with Crippen molar-refractivity contribution < 1.29 is 10.2 Å². The molecule has 0 aromatic rings. The van der Waals surface area contributed by atoms with Gasteiger partial charge in [-0.1, -0.05) is 0 Å². The maximum Gasteiger partial charge on any atom is 0.0897 e. The standard InChI is InChI=1S/C8H20N2O2/c1-7(3-4-9)10(2)5-8(12)6-11/h7-8,11-12H,3-6,9H2,1-2H3. The minimum atomic E-state index is -0.643. The molecule has 4 nitrogen and oxygen atoms in total. The normalized spacial score (nSPS) is 16.5. The monoisotopic (exact) mass is 176 g/mol. The quantitative estimate of drug-likeness (QED) is 0.486. The molecule has 0 aliphatic carbocycles. The fourth-order valence-corrected chi connectivity index (χ4v) is 1.03. The molecule has 4 heteroatoms. The van der Waals surface area contributed by atoms with Crippen LogP contribution in [-0.4, -0.2) is 54.0 Å². The van der Waals surface area contributed by atoms with Crippen molar-refractivity contribution in [2.45, 2.75) is 25.5 Å². The summed E-state index contributed by atoms with van der Waals surface area (Å²) in [5, 5.41) is 17.7. The zero-order valence-electron chi connectivity index (χ0n) is 7.90. The molecule has 2 unspecified atom stereocenters. The predicted octanol–water partition coefficient (Wildman–Crippen LogP) is -0.991. The lowest BCUT2D eigenvalue weighted by molar-refractivity contribution is 0.0559. The second-order valence-corrected chi connectivity index (χ2v) is 3.20. The van der Waals surface area contributed by atoms with Crippen molar-refractivity contribution in [2.24, 2.45) is 5.73 Å². The van der Waals surface area contributed by atoms with Crippen LogP contribution in [0.3, 0.4) is 0 Å². The van der Waals surface area contributed by atoms with E-state index in [0.717, 1.165) is 6.42 Å². The summed E-state index contributed by atoms with van der Waals surface area (Å²) < 4.78 is 0. The molecule has 4 N–H and O–H groups in total. The summed E-state index contributed by atoms with van der Waals surface area (Å²) >= 11 is 0. The lowest BCUT2D eigenvalue weighted by Gasteiger charge is -2.25. The van der Waals surface area contributed by atoms with Gasteiger partial charge in [-0.15, -0.1) is 0 Å². The van der Waals surface area contributed by atoms with Gasteiger partial charge >= 0.3 is 0 Å². The number of hydrogen-bond donors (Lipinski definition) is 3. The third-order valence-electron chi connectivity index (χ3n) is 2.05. The minimum Gasteiger partial charge on any atom is -0.394 e. The van der Waals surface area contributed by atoms with E-state index in [2.05, 4.69) is 6.92 Å². The Balaban J connectivity index is 3.62. The third-order valence-corrected chi connectivity index (χ3v) is 2.05. The van der Waals surface area contributed by atoms with E-state index in [9.17, 15) is 0 Å². The van der Waals surface area contributed by atoms with Crippen molar-refractivity contribution in [3.8, 4) is 0 Å². The van der Waals surface area contributed by atoms with E-state index in [4.69, 9.17) is 15.9 Å². The minimum absolute atomic E-state index is 0.181.